The van der Waals surface area contributed by atoms with Crippen LogP contribution in [0.5, 0.6) is 0 Å². The second-order valence-corrected chi connectivity index (χ2v) is 5.85. The van der Waals surface area contributed by atoms with Crippen LogP contribution >= 0.6 is 0 Å². The van der Waals surface area contributed by atoms with Gasteiger partial charge in [0.15, 0.2) is 5.58 Å². The van der Waals surface area contributed by atoms with Gasteiger partial charge >= 0.3 is 0 Å². The van der Waals surface area contributed by atoms with Gasteiger partial charge in [0.1, 0.15) is 5.69 Å². The molecule has 1 aromatic heterocycles. The zero-order chi connectivity index (χ0) is 14.9. The Labute approximate surface area is 118 Å². The number of aryl methyl sites for hydroxylation is 2. The Balaban J connectivity index is 2.24. The minimum atomic E-state index is -0.636. The number of hydrogen-bond donors (Lipinski definition) is 2. The van der Waals surface area contributed by atoms with Gasteiger partial charge in [0.05, 0.1) is 18.6 Å². The predicted octanol–water partition coefficient (Wildman–Crippen LogP) is 1.87. The molecule has 0 unspecified atom stereocenters. The fourth-order valence-electron chi connectivity index (χ4n) is 2.18. The van der Waals surface area contributed by atoms with Gasteiger partial charge in [-0.1, -0.05) is 11.2 Å². The quantitative estimate of drug-likeness (QED) is 0.894. The van der Waals surface area contributed by atoms with Crippen molar-refractivity contribution in [2.45, 2.75) is 39.7 Å². The summed E-state index contributed by atoms with van der Waals surface area (Å²) < 4.78 is 5.31. The van der Waals surface area contributed by atoms with E-state index < -0.39 is 5.54 Å². The molecule has 108 valence electrons. The van der Waals surface area contributed by atoms with Crippen molar-refractivity contribution in [1.82, 2.24) is 10.5 Å². The molecule has 5 heteroatoms. The number of carbonyl (C=O) groups is 1. The maximum atomic E-state index is 12.0. The van der Waals surface area contributed by atoms with E-state index in [1.165, 1.54) is 0 Å². The van der Waals surface area contributed by atoms with Gasteiger partial charge in [0.2, 0.25) is 5.91 Å². The summed E-state index contributed by atoms with van der Waals surface area (Å²) >= 11 is 0. The van der Waals surface area contributed by atoms with E-state index in [0.29, 0.717) is 5.69 Å². The lowest BCUT2D eigenvalue weighted by atomic mass is 10.0. The molecule has 0 atom stereocenters. The van der Waals surface area contributed by atoms with Crippen molar-refractivity contribution in [2.24, 2.45) is 0 Å². The van der Waals surface area contributed by atoms with E-state index >= 15 is 0 Å². The van der Waals surface area contributed by atoms with Crippen LogP contribution in [0.4, 0.5) is 0 Å². The zero-order valence-electron chi connectivity index (χ0n) is 12.3. The first-order valence-corrected chi connectivity index (χ1v) is 6.60. The first-order valence-electron chi connectivity index (χ1n) is 6.60. The number of nitrogens with zero attached hydrogens (tertiary/aromatic N) is 1. The van der Waals surface area contributed by atoms with Crippen LogP contribution in [0.15, 0.2) is 16.7 Å². The fourth-order valence-corrected chi connectivity index (χ4v) is 2.18. The van der Waals surface area contributed by atoms with Crippen LogP contribution < -0.4 is 5.32 Å². The average Bonchev–Trinajstić information content (AvgIpc) is 2.72. The molecule has 20 heavy (non-hydrogen) atoms. The Kier molecular flexibility index (Phi) is 3.81. The van der Waals surface area contributed by atoms with Crippen molar-refractivity contribution in [3.05, 3.63) is 29.0 Å². The first-order chi connectivity index (χ1) is 9.32. The summed E-state index contributed by atoms with van der Waals surface area (Å²) in [6.45, 7) is 7.37. The third kappa shape index (κ3) is 2.99. The van der Waals surface area contributed by atoms with Gasteiger partial charge in [-0.05, 0) is 44.9 Å². The summed E-state index contributed by atoms with van der Waals surface area (Å²) in [6, 6.07) is 3.99. The van der Waals surface area contributed by atoms with Crippen LogP contribution in [0.25, 0.3) is 11.0 Å². The van der Waals surface area contributed by atoms with Gasteiger partial charge in [-0.15, -0.1) is 0 Å². The lowest BCUT2D eigenvalue weighted by molar-refractivity contribution is -0.122. The molecule has 2 aromatic rings. The summed E-state index contributed by atoms with van der Waals surface area (Å²) in [7, 11) is 0. The normalized spacial score (nSPS) is 11.8. The Morgan fingerprint density at radius 1 is 1.40 bits per heavy atom. The van der Waals surface area contributed by atoms with Crippen LogP contribution in [0.3, 0.4) is 0 Å². The molecule has 0 aliphatic carbocycles. The van der Waals surface area contributed by atoms with Gasteiger partial charge in [0.25, 0.3) is 0 Å². The number of aliphatic hydroxyl groups is 1. The van der Waals surface area contributed by atoms with Gasteiger partial charge in [-0.2, -0.15) is 0 Å². The lowest BCUT2D eigenvalue weighted by Gasteiger charge is -2.23. The molecule has 5 nitrogen and oxygen atoms in total. The number of nitrogens with one attached hydrogen (secondary N) is 1. The van der Waals surface area contributed by atoms with E-state index in [1.54, 1.807) is 13.8 Å². The molecule has 1 heterocycles. The van der Waals surface area contributed by atoms with Crippen LogP contribution in [-0.2, 0) is 11.2 Å². The van der Waals surface area contributed by atoms with Crippen molar-refractivity contribution < 1.29 is 14.4 Å². The SMILES string of the molecule is Cc1cc(C)c2onc(CC(=O)NC(C)(C)CO)c2c1. The summed E-state index contributed by atoms with van der Waals surface area (Å²) in [5.41, 5.74) is 2.82. The minimum Gasteiger partial charge on any atom is -0.394 e. The van der Waals surface area contributed by atoms with Crippen LogP contribution in [-0.4, -0.2) is 28.3 Å². The van der Waals surface area contributed by atoms with Crippen LogP contribution in [0.2, 0.25) is 0 Å². The van der Waals surface area contributed by atoms with E-state index in [0.717, 1.165) is 22.1 Å². The minimum absolute atomic E-state index is 0.115. The second-order valence-electron chi connectivity index (χ2n) is 5.85. The number of fused-ring (bicyclic) bond motifs is 1. The standard InChI is InChI=1S/C15H20N2O3/c1-9-5-10(2)14-11(6-9)12(17-20-14)7-13(19)16-15(3,4)8-18/h5-6,18H,7-8H2,1-4H3,(H,16,19). The van der Waals surface area contributed by atoms with E-state index in [9.17, 15) is 4.79 Å². The van der Waals surface area contributed by atoms with Crippen molar-refractivity contribution in [2.75, 3.05) is 6.61 Å². The molecule has 1 amide bonds. The molecule has 0 fully saturated rings. The molecule has 0 aliphatic heterocycles. The Hall–Kier alpha value is -1.88. The van der Waals surface area contributed by atoms with E-state index in [2.05, 4.69) is 10.5 Å². The molecule has 0 aliphatic rings. The summed E-state index contributed by atoms with van der Waals surface area (Å²) in [4.78, 5) is 12.0. The fraction of sp³-hybridized carbons (Fsp3) is 0.467. The van der Waals surface area contributed by atoms with Crippen molar-refractivity contribution in [1.29, 1.82) is 0 Å². The number of benzene rings is 1. The smallest absolute Gasteiger partial charge is 0.226 e. The van der Waals surface area contributed by atoms with Gasteiger partial charge in [-0.3, -0.25) is 4.79 Å². The van der Waals surface area contributed by atoms with E-state index in [-0.39, 0.29) is 18.9 Å². The molecular formula is C15H20N2O3. The third-order valence-electron chi connectivity index (χ3n) is 3.18. The highest BCUT2D eigenvalue weighted by molar-refractivity contribution is 5.88. The number of rotatable bonds is 4. The average molecular weight is 276 g/mol. The van der Waals surface area contributed by atoms with Crippen molar-refractivity contribution in [3.8, 4) is 0 Å². The Morgan fingerprint density at radius 3 is 2.75 bits per heavy atom. The van der Waals surface area contributed by atoms with E-state index in [4.69, 9.17) is 9.63 Å². The summed E-state index contributed by atoms with van der Waals surface area (Å²) in [5.74, 6) is -0.182. The maximum Gasteiger partial charge on any atom is 0.226 e. The molecule has 0 saturated heterocycles. The van der Waals surface area contributed by atoms with Gasteiger partial charge < -0.3 is 14.9 Å². The summed E-state index contributed by atoms with van der Waals surface area (Å²) in [5, 5.41) is 16.8. The molecular weight excluding hydrogens is 256 g/mol. The topological polar surface area (TPSA) is 75.4 Å². The van der Waals surface area contributed by atoms with Crippen molar-refractivity contribution in [3.63, 3.8) is 0 Å². The third-order valence-corrected chi connectivity index (χ3v) is 3.18. The van der Waals surface area contributed by atoms with E-state index in [1.807, 2.05) is 26.0 Å². The zero-order valence-corrected chi connectivity index (χ0v) is 12.3. The molecule has 2 N–H and O–H groups in total. The lowest BCUT2D eigenvalue weighted by Crippen LogP contribution is -2.46. The van der Waals surface area contributed by atoms with Crippen LogP contribution in [0, 0.1) is 13.8 Å². The molecule has 0 radical (unpaired) electrons. The maximum absolute atomic E-state index is 12.0. The highest BCUT2D eigenvalue weighted by Gasteiger charge is 2.21. The highest BCUT2D eigenvalue weighted by Crippen LogP contribution is 2.24. The predicted molar refractivity (Wildman–Crippen MR) is 76.5 cm³/mol. The monoisotopic (exact) mass is 276 g/mol. The highest BCUT2D eigenvalue weighted by atomic mass is 16.5. The number of aromatic nitrogens is 1. The summed E-state index contributed by atoms with van der Waals surface area (Å²) in [6.07, 6.45) is 0.138. The second kappa shape index (κ2) is 5.25. The number of amides is 1. The number of aliphatic hydroxyl groups excluding tert-OH is 1. The van der Waals surface area contributed by atoms with Crippen molar-refractivity contribution >= 4 is 16.9 Å². The molecule has 0 spiro atoms. The molecule has 1 aromatic carbocycles. The Bertz CT molecular complexity index is 644. The number of hydrogen-bond acceptors (Lipinski definition) is 4. The van der Waals surface area contributed by atoms with Gasteiger partial charge in [0, 0.05) is 5.39 Å². The first kappa shape index (κ1) is 14.5. The van der Waals surface area contributed by atoms with Gasteiger partial charge in [-0.25, -0.2) is 0 Å². The largest absolute Gasteiger partial charge is 0.394 e. The number of carbonyl (C=O) groups excluding carboxylic acids is 1. The molecule has 0 bridgehead atoms. The Morgan fingerprint density at radius 2 is 2.10 bits per heavy atom. The molecule has 2 rings (SSSR count). The molecule has 0 saturated carbocycles. The van der Waals surface area contributed by atoms with Crippen LogP contribution in [0.1, 0.15) is 30.7 Å².